The van der Waals surface area contributed by atoms with E-state index in [0.29, 0.717) is 28.0 Å². The fourth-order valence-electron chi connectivity index (χ4n) is 2.46. The van der Waals surface area contributed by atoms with Gasteiger partial charge in [-0.25, -0.2) is 4.79 Å². The summed E-state index contributed by atoms with van der Waals surface area (Å²) in [7, 11) is 1.32. The number of hydrogen-bond acceptors (Lipinski definition) is 4. The van der Waals surface area contributed by atoms with Crippen molar-refractivity contribution in [3.63, 3.8) is 0 Å². The fourth-order valence-corrected chi connectivity index (χ4v) is 3.11. The van der Waals surface area contributed by atoms with Crippen LogP contribution < -0.4 is 9.64 Å². The van der Waals surface area contributed by atoms with Gasteiger partial charge in [0.05, 0.1) is 19.2 Å². The van der Waals surface area contributed by atoms with Gasteiger partial charge in [-0.3, -0.25) is 4.79 Å². The van der Waals surface area contributed by atoms with E-state index in [1.54, 1.807) is 17.0 Å². The van der Waals surface area contributed by atoms with Crippen LogP contribution in [-0.4, -0.2) is 25.6 Å². The number of fused-ring (bicyclic) bond motifs is 1. The molecule has 3 rings (SSSR count). The number of nitrogens with zero attached hydrogens (tertiary/aromatic N) is 1. The van der Waals surface area contributed by atoms with Crippen molar-refractivity contribution in [2.75, 3.05) is 18.6 Å². The van der Waals surface area contributed by atoms with Crippen LogP contribution in [0.5, 0.6) is 5.75 Å². The molecule has 6 heteroatoms. The summed E-state index contributed by atoms with van der Waals surface area (Å²) in [6.45, 7) is 0.378. The van der Waals surface area contributed by atoms with Gasteiger partial charge in [-0.1, -0.05) is 30.3 Å². The molecule has 118 valence electrons. The maximum Gasteiger partial charge on any atom is 0.338 e. The Balaban J connectivity index is 2.01. The molecule has 0 saturated heterocycles. The van der Waals surface area contributed by atoms with Crippen LogP contribution in [0.25, 0.3) is 0 Å². The zero-order chi connectivity index (χ0) is 16.4. The average Bonchev–Trinajstić information content (AvgIpc) is 2.57. The Morgan fingerprint density at radius 3 is 2.74 bits per heavy atom. The third-order valence-corrected chi connectivity index (χ3v) is 4.16. The van der Waals surface area contributed by atoms with Gasteiger partial charge in [-0.05, 0) is 33.6 Å². The van der Waals surface area contributed by atoms with Gasteiger partial charge in [-0.2, -0.15) is 0 Å². The molecule has 0 saturated carbocycles. The highest BCUT2D eigenvalue weighted by Crippen LogP contribution is 2.40. The second-order valence-electron chi connectivity index (χ2n) is 5.05. The molecule has 0 N–H and O–H groups in total. The zero-order valence-corrected chi connectivity index (χ0v) is 14.0. The molecule has 0 radical (unpaired) electrons. The Morgan fingerprint density at radius 1 is 1.30 bits per heavy atom. The summed E-state index contributed by atoms with van der Waals surface area (Å²) in [6, 6.07) is 12.9. The van der Waals surface area contributed by atoms with Gasteiger partial charge in [0.1, 0.15) is 11.4 Å². The Labute approximate surface area is 141 Å². The van der Waals surface area contributed by atoms with E-state index in [0.717, 1.165) is 5.56 Å². The predicted molar refractivity (Wildman–Crippen MR) is 88.6 cm³/mol. The number of carbonyl (C=O) groups excluding carboxylic acids is 2. The number of anilines is 1. The van der Waals surface area contributed by atoms with E-state index in [9.17, 15) is 9.59 Å². The lowest BCUT2D eigenvalue weighted by Gasteiger charge is -2.30. The number of esters is 1. The monoisotopic (exact) mass is 375 g/mol. The molecule has 2 aromatic rings. The highest BCUT2D eigenvalue weighted by Gasteiger charge is 2.29. The van der Waals surface area contributed by atoms with Gasteiger partial charge in [0.15, 0.2) is 6.61 Å². The zero-order valence-electron chi connectivity index (χ0n) is 12.4. The third-order valence-electron chi connectivity index (χ3n) is 3.56. The predicted octanol–water partition coefficient (Wildman–Crippen LogP) is 3.16. The van der Waals surface area contributed by atoms with Crippen LogP contribution in [0.1, 0.15) is 15.9 Å². The summed E-state index contributed by atoms with van der Waals surface area (Å²) in [4.78, 5) is 25.6. The molecule has 0 aromatic heterocycles. The summed E-state index contributed by atoms with van der Waals surface area (Å²) in [5.74, 6) is -0.105. The maximum atomic E-state index is 12.3. The average molecular weight is 376 g/mol. The van der Waals surface area contributed by atoms with E-state index >= 15 is 0 Å². The molecule has 0 fully saturated rings. The quantitative estimate of drug-likeness (QED) is 0.773. The van der Waals surface area contributed by atoms with Crippen molar-refractivity contribution in [1.29, 1.82) is 0 Å². The number of carbonyl (C=O) groups is 2. The molecule has 2 aromatic carbocycles. The molecule has 0 atom stereocenters. The van der Waals surface area contributed by atoms with Crippen LogP contribution in [0.3, 0.4) is 0 Å². The topological polar surface area (TPSA) is 55.8 Å². The van der Waals surface area contributed by atoms with Gasteiger partial charge >= 0.3 is 5.97 Å². The van der Waals surface area contributed by atoms with Crippen molar-refractivity contribution in [2.45, 2.75) is 6.54 Å². The van der Waals surface area contributed by atoms with Gasteiger partial charge in [0.2, 0.25) is 0 Å². The number of amides is 1. The van der Waals surface area contributed by atoms with Crippen molar-refractivity contribution >= 4 is 33.5 Å². The molecule has 0 unspecified atom stereocenters. The van der Waals surface area contributed by atoms with E-state index in [-0.39, 0.29) is 12.5 Å². The second-order valence-corrected chi connectivity index (χ2v) is 5.90. The lowest BCUT2D eigenvalue weighted by molar-refractivity contribution is -0.121. The normalized spacial score (nSPS) is 13.3. The summed E-state index contributed by atoms with van der Waals surface area (Å²) >= 11 is 3.43. The molecular formula is C17H14BrNO4. The first-order valence-electron chi connectivity index (χ1n) is 6.99. The summed E-state index contributed by atoms with van der Waals surface area (Å²) in [5, 5.41) is 0. The maximum absolute atomic E-state index is 12.3. The van der Waals surface area contributed by atoms with Crippen molar-refractivity contribution in [3.05, 3.63) is 58.1 Å². The Morgan fingerprint density at radius 2 is 2.04 bits per heavy atom. The molecule has 1 amide bonds. The van der Waals surface area contributed by atoms with Crippen molar-refractivity contribution in [3.8, 4) is 5.75 Å². The Hall–Kier alpha value is -2.34. The Bertz CT molecular complexity index is 761. The fraction of sp³-hybridized carbons (Fsp3) is 0.176. The number of halogens is 1. The first-order chi connectivity index (χ1) is 11.1. The number of hydrogen-bond donors (Lipinski definition) is 0. The lowest BCUT2D eigenvalue weighted by atomic mass is 10.1. The number of ether oxygens (including phenoxy) is 2. The summed E-state index contributed by atoms with van der Waals surface area (Å²) in [6.07, 6.45) is 0. The van der Waals surface area contributed by atoms with Crippen LogP contribution in [-0.2, 0) is 16.1 Å². The first kappa shape index (κ1) is 15.6. The molecule has 1 aliphatic heterocycles. The third kappa shape index (κ3) is 3.07. The van der Waals surface area contributed by atoms with E-state index in [2.05, 4.69) is 15.9 Å². The van der Waals surface area contributed by atoms with Crippen LogP contribution >= 0.6 is 15.9 Å². The number of rotatable bonds is 3. The van der Waals surface area contributed by atoms with Gasteiger partial charge in [0, 0.05) is 4.47 Å². The minimum Gasteiger partial charge on any atom is -0.481 e. The van der Waals surface area contributed by atoms with E-state index < -0.39 is 5.97 Å². The molecule has 23 heavy (non-hydrogen) atoms. The van der Waals surface area contributed by atoms with Gasteiger partial charge in [-0.15, -0.1) is 0 Å². The second kappa shape index (κ2) is 6.42. The molecule has 0 aliphatic carbocycles. The SMILES string of the molecule is COC(=O)c1cc(Br)c2c(c1)OCC(=O)N2Cc1ccccc1. The lowest BCUT2D eigenvalue weighted by Crippen LogP contribution is -2.38. The van der Waals surface area contributed by atoms with E-state index in [1.807, 2.05) is 30.3 Å². The molecule has 0 spiro atoms. The van der Waals surface area contributed by atoms with Crippen LogP contribution in [0.2, 0.25) is 0 Å². The van der Waals surface area contributed by atoms with Gasteiger partial charge < -0.3 is 14.4 Å². The van der Waals surface area contributed by atoms with Crippen molar-refractivity contribution in [1.82, 2.24) is 0 Å². The Kier molecular flexibility index (Phi) is 4.34. The van der Waals surface area contributed by atoms with Crippen molar-refractivity contribution < 1.29 is 19.1 Å². The van der Waals surface area contributed by atoms with Crippen molar-refractivity contribution in [2.24, 2.45) is 0 Å². The molecule has 1 heterocycles. The molecule has 1 aliphatic rings. The summed E-state index contributed by atoms with van der Waals surface area (Å²) < 4.78 is 10.8. The minimum absolute atomic E-state index is 0.0586. The molecule has 5 nitrogen and oxygen atoms in total. The van der Waals surface area contributed by atoms with Gasteiger partial charge in [0.25, 0.3) is 5.91 Å². The highest BCUT2D eigenvalue weighted by atomic mass is 79.9. The first-order valence-corrected chi connectivity index (χ1v) is 7.78. The van der Waals surface area contributed by atoms with Crippen LogP contribution in [0, 0.1) is 0 Å². The smallest absolute Gasteiger partial charge is 0.338 e. The van der Waals surface area contributed by atoms with E-state index in [4.69, 9.17) is 9.47 Å². The minimum atomic E-state index is -0.455. The standard InChI is InChI=1S/C17H14BrNO4/c1-22-17(21)12-7-13(18)16-14(8-12)23-10-15(20)19(16)9-11-5-3-2-4-6-11/h2-8H,9-10H2,1H3. The summed E-state index contributed by atoms with van der Waals surface area (Å²) in [5.41, 5.74) is 2.00. The molecular weight excluding hydrogens is 362 g/mol. The largest absolute Gasteiger partial charge is 0.481 e. The number of methoxy groups -OCH3 is 1. The van der Waals surface area contributed by atoms with E-state index in [1.165, 1.54) is 7.11 Å². The highest BCUT2D eigenvalue weighted by molar-refractivity contribution is 9.10. The van der Waals surface area contributed by atoms with Crippen LogP contribution in [0.4, 0.5) is 5.69 Å². The van der Waals surface area contributed by atoms with Crippen LogP contribution in [0.15, 0.2) is 46.9 Å². The number of benzene rings is 2. The molecule has 0 bridgehead atoms.